The summed E-state index contributed by atoms with van der Waals surface area (Å²) in [5.41, 5.74) is 7.57. The lowest BCUT2D eigenvalue weighted by Gasteiger charge is -2.05. The maximum atomic E-state index is 13.0. The summed E-state index contributed by atoms with van der Waals surface area (Å²) in [6, 6.07) is 4.40. The van der Waals surface area contributed by atoms with E-state index in [-0.39, 0.29) is 5.82 Å². The number of anilines is 2. The van der Waals surface area contributed by atoms with Gasteiger partial charge in [0.2, 0.25) is 0 Å². The quantitative estimate of drug-likeness (QED) is 0.807. The Morgan fingerprint density at radius 2 is 2.25 bits per heavy atom. The van der Waals surface area contributed by atoms with Gasteiger partial charge in [-0.05, 0) is 25.1 Å². The van der Waals surface area contributed by atoms with E-state index >= 15 is 0 Å². The first-order chi connectivity index (χ1) is 7.63. The van der Waals surface area contributed by atoms with E-state index in [0.717, 1.165) is 10.7 Å². The zero-order valence-electron chi connectivity index (χ0n) is 8.83. The Hall–Kier alpha value is -1.62. The second-order valence-corrected chi connectivity index (χ2v) is 4.55. The highest BCUT2D eigenvalue weighted by Gasteiger charge is 2.00. The topological polar surface area (TPSA) is 50.9 Å². The predicted molar refractivity (Wildman–Crippen MR) is 65.0 cm³/mol. The molecule has 0 amide bonds. The maximum absolute atomic E-state index is 13.0. The van der Waals surface area contributed by atoms with E-state index in [1.54, 1.807) is 17.4 Å². The number of hydrogen-bond acceptors (Lipinski definition) is 4. The second kappa shape index (κ2) is 4.49. The lowest BCUT2D eigenvalue weighted by atomic mass is 10.2. The third-order valence-electron chi connectivity index (χ3n) is 2.06. The summed E-state index contributed by atoms with van der Waals surface area (Å²) in [6.45, 7) is 2.53. The van der Waals surface area contributed by atoms with E-state index in [9.17, 15) is 4.39 Å². The molecule has 0 saturated carbocycles. The Kier molecular flexibility index (Phi) is 3.05. The van der Waals surface area contributed by atoms with E-state index in [4.69, 9.17) is 5.73 Å². The summed E-state index contributed by atoms with van der Waals surface area (Å²) in [6.07, 6.45) is 0. The van der Waals surface area contributed by atoms with Gasteiger partial charge in [0.25, 0.3) is 0 Å². The van der Waals surface area contributed by atoms with Crippen LogP contribution in [0.2, 0.25) is 0 Å². The zero-order valence-corrected chi connectivity index (χ0v) is 9.64. The first kappa shape index (κ1) is 10.9. The fourth-order valence-electron chi connectivity index (χ4n) is 1.40. The number of nitrogens with two attached hydrogens (primary N) is 1. The number of rotatable bonds is 3. The van der Waals surface area contributed by atoms with E-state index in [1.807, 2.05) is 12.3 Å². The van der Waals surface area contributed by atoms with Crippen molar-refractivity contribution in [2.24, 2.45) is 0 Å². The Morgan fingerprint density at radius 3 is 2.88 bits per heavy atom. The molecule has 16 heavy (non-hydrogen) atoms. The van der Waals surface area contributed by atoms with Crippen LogP contribution in [0.3, 0.4) is 0 Å². The van der Waals surface area contributed by atoms with Gasteiger partial charge < -0.3 is 11.1 Å². The molecule has 2 rings (SSSR count). The highest BCUT2D eigenvalue weighted by atomic mass is 32.1. The standard InChI is InChI=1S/C11H12FN3S/c1-7-15-11(6-16-7)5-14-10-3-8(12)2-9(13)4-10/h2-4,6,14H,5,13H2,1H3. The number of nitrogen functional groups attached to an aromatic ring is 1. The molecule has 0 atom stereocenters. The van der Waals surface area contributed by atoms with E-state index in [2.05, 4.69) is 10.3 Å². The van der Waals surface area contributed by atoms with Crippen molar-refractivity contribution in [1.82, 2.24) is 4.98 Å². The molecule has 84 valence electrons. The summed E-state index contributed by atoms with van der Waals surface area (Å²) >= 11 is 1.60. The fraction of sp³-hybridized carbons (Fsp3) is 0.182. The lowest BCUT2D eigenvalue weighted by molar-refractivity contribution is 0.629. The van der Waals surface area contributed by atoms with Gasteiger partial charge in [0.15, 0.2) is 0 Å². The molecule has 0 radical (unpaired) electrons. The molecule has 1 aromatic carbocycles. The molecule has 2 aromatic rings. The smallest absolute Gasteiger partial charge is 0.127 e. The number of aromatic nitrogens is 1. The number of benzene rings is 1. The van der Waals surface area contributed by atoms with Gasteiger partial charge in [-0.2, -0.15) is 0 Å². The normalized spacial score (nSPS) is 10.4. The predicted octanol–water partition coefficient (Wildman–Crippen LogP) is 2.78. The number of aryl methyl sites for hydroxylation is 1. The molecule has 5 heteroatoms. The van der Waals surface area contributed by atoms with Crippen LogP contribution in [0.4, 0.5) is 15.8 Å². The molecular formula is C11H12FN3S. The molecule has 3 N–H and O–H groups in total. The van der Waals surface area contributed by atoms with Crippen LogP contribution >= 0.6 is 11.3 Å². The highest BCUT2D eigenvalue weighted by Crippen LogP contribution is 2.16. The summed E-state index contributed by atoms with van der Waals surface area (Å²) in [5.74, 6) is -0.336. The van der Waals surface area contributed by atoms with Gasteiger partial charge in [-0.1, -0.05) is 0 Å². The summed E-state index contributed by atoms with van der Waals surface area (Å²) < 4.78 is 13.0. The number of halogens is 1. The van der Waals surface area contributed by atoms with Gasteiger partial charge in [-0.25, -0.2) is 9.37 Å². The van der Waals surface area contributed by atoms with Crippen LogP contribution in [0.5, 0.6) is 0 Å². The summed E-state index contributed by atoms with van der Waals surface area (Å²) in [5, 5.41) is 6.08. The molecule has 1 heterocycles. The van der Waals surface area contributed by atoms with Gasteiger partial charge in [0, 0.05) is 16.8 Å². The minimum Gasteiger partial charge on any atom is -0.399 e. The SMILES string of the molecule is Cc1nc(CNc2cc(N)cc(F)c2)cs1. The average Bonchev–Trinajstić information content (AvgIpc) is 2.60. The van der Waals surface area contributed by atoms with Gasteiger partial charge in [0.05, 0.1) is 17.2 Å². The van der Waals surface area contributed by atoms with Gasteiger partial charge in [-0.15, -0.1) is 11.3 Å². The Morgan fingerprint density at radius 1 is 1.44 bits per heavy atom. The monoisotopic (exact) mass is 237 g/mol. The van der Waals surface area contributed by atoms with Crippen molar-refractivity contribution in [3.8, 4) is 0 Å². The highest BCUT2D eigenvalue weighted by molar-refractivity contribution is 7.09. The van der Waals surface area contributed by atoms with Crippen LogP contribution in [0.15, 0.2) is 23.6 Å². The molecule has 0 aliphatic heterocycles. The van der Waals surface area contributed by atoms with Crippen molar-refractivity contribution in [2.45, 2.75) is 13.5 Å². The van der Waals surface area contributed by atoms with Crippen LogP contribution in [0.25, 0.3) is 0 Å². The van der Waals surface area contributed by atoms with Crippen molar-refractivity contribution in [2.75, 3.05) is 11.1 Å². The number of hydrogen-bond donors (Lipinski definition) is 2. The average molecular weight is 237 g/mol. The van der Waals surface area contributed by atoms with Crippen molar-refractivity contribution in [1.29, 1.82) is 0 Å². The second-order valence-electron chi connectivity index (χ2n) is 3.48. The summed E-state index contributed by atoms with van der Waals surface area (Å²) in [7, 11) is 0. The van der Waals surface area contributed by atoms with Crippen LogP contribution in [0, 0.1) is 12.7 Å². The maximum Gasteiger partial charge on any atom is 0.127 e. The van der Waals surface area contributed by atoms with Crippen molar-refractivity contribution < 1.29 is 4.39 Å². The van der Waals surface area contributed by atoms with Gasteiger partial charge >= 0.3 is 0 Å². The van der Waals surface area contributed by atoms with Crippen LogP contribution in [-0.4, -0.2) is 4.98 Å². The molecule has 0 saturated heterocycles. The Balaban J connectivity index is 2.04. The van der Waals surface area contributed by atoms with Crippen molar-refractivity contribution in [3.63, 3.8) is 0 Å². The van der Waals surface area contributed by atoms with Crippen molar-refractivity contribution >= 4 is 22.7 Å². The number of nitrogens with zero attached hydrogens (tertiary/aromatic N) is 1. The first-order valence-electron chi connectivity index (χ1n) is 4.84. The van der Waals surface area contributed by atoms with E-state index < -0.39 is 0 Å². The van der Waals surface area contributed by atoms with E-state index in [1.165, 1.54) is 12.1 Å². The van der Waals surface area contributed by atoms with Crippen LogP contribution < -0.4 is 11.1 Å². The zero-order chi connectivity index (χ0) is 11.5. The number of nitrogens with one attached hydrogen (secondary N) is 1. The Bertz CT molecular complexity index is 475. The molecule has 0 fully saturated rings. The molecule has 0 unspecified atom stereocenters. The molecule has 1 aromatic heterocycles. The molecule has 3 nitrogen and oxygen atoms in total. The molecule has 0 aliphatic carbocycles. The molecule has 0 spiro atoms. The largest absolute Gasteiger partial charge is 0.399 e. The molecule has 0 aliphatic rings. The fourth-order valence-corrected chi connectivity index (χ4v) is 2.01. The first-order valence-corrected chi connectivity index (χ1v) is 5.72. The lowest BCUT2D eigenvalue weighted by Crippen LogP contribution is -2.01. The Labute approximate surface area is 97.1 Å². The van der Waals surface area contributed by atoms with Gasteiger partial charge in [-0.3, -0.25) is 0 Å². The van der Waals surface area contributed by atoms with Crippen LogP contribution in [-0.2, 0) is 6.54 Å². The minimum atomic E-state index is -0.336. The van der Waals surface area contributed by atoms with Gasteiger partial charge in [0.1, 0.15) is 5.82 Å². The number of thiazole rings is 1. The third-order valence-corrected chi connectivity index (χ3v) is 2.88. The molecular weight excluding hydrogens is 225 g/mol. The molecule has 0 bridgehead atoms. The summed E-state index contributed by atoms with van der Waals surface area (Å²) in [4.78, 5) is 4.30. The van der Waals surface area contributed by atoms with Crippen LogP contribution in [0.1, 0.15) is 10.7 Å². The third kappa shape index (κ3) is 2.70. The van der Waals surface area contributed by atoms with Crippen molar-refractivity contribution in [3.05, 3.63) is 40.1 Å². The minimum absolute atomic E-state index is 0.336. The van der Waals surface area contributed by atoms with E-state index in [0.29, 0.717) is 17.9 Å².